The summed E-state index contributed by atoms with van der Waals surface area (Å²) in [6.45, 7) is 3.57. The van der Waals surface area contributed by atoms with Crippen LogP contribution in [0.5, 0.6) is 5.75 Å². The van der Waals surface area contributed by atoms with Crippen LogP contribution in [0, 0.1) is 0 Å². The van der Waals surface area contributed by atoms with Crippen LogP contribution < -0.4 is 4.74 Å². The maximum absolute atomic E-state index is 12.6. The first-order valence-corrected chi connectivity index (χ1v) is 9.98. The number of nitrogens with zero attached hydrogens (tertiary/aromatic N) is 4. The minimum atomic E-state index is -0.112. The van der Waals surface area contributed by atoms with Gasteiger partial charge in [0, 0.05) is 36.4 Å². The molecule has 2 aromatic heterocycles. The highest BCUT2D eigenvalue weighted by molar-refractivity contribution is 5.90. The van der Waals surface area contributed by atoms with Crippen LogP contribution in [-0.2, 0) is 11.3 Å². The third-order valence-corrected chi connectivity index (χ3v) is 5.33. The number of amides is 1. The van der Waals surface area contributed by atoms with Crippen LogP contribution in [0.15, 0.2) is 53.1 Å². The highest BCUT2D eigenvalue weighted by Gasteiger charge is 2.34. The normalized spacial score (nSPS) is 16.5. The molecule has 8 heteroatoms. The number of H-pyrrole nitrogens is 1. The van der Waals surface area contributed by atoms with Crippen molar-refractivity contribution >= 4 is 16.8 Å². The van der Waals surface area contributed by atoms with E-state index in [0.29, 0.717) is 43.5 Å². The van der Waals surface area contributed by atoms with Gasteiger partial charge in [-0.3, -0.25) is 9.89 Å². The number of hydrogen-bond acceptors (Lipinski definition) is 6. The maximum atomic E-state index is 12.6. The SMILES string of the molecule is CCOc1ccccc1CN1CC(c2noc(-c3n[nH]c4ccccc34)n2)CC1=O. The third kappa shape index (κ3) is 3.30. The number of ether oxygens (including phenoxy) is 1. The van der Waals surface area contributed by atoms with Crippen molar-refractivity contribution in [1.29, 1.82) is 0 Å². The van der Waals surface area contributed by atoms with E-state index >= 15 is 0 Å². The van der Waals surface area contributed by atoms with E-state index in [1.165, 1.54) is 0 Å². The monoisotopic (exact) mass is 403 g/mol. The number of likely N-dealkylation sites (tertiary alicyclic amines) is 1. The molecule has 1 N–H and O–H groups in total. The van der Waals surface area contributed by atoms with Gasteiger partial charge in [0.2, 0.25) is 5.91 Å². The van der Waals surface area contributed by atoms with Gasteiger partial charge in [0.15, 0.2) is 11.5 Å². The number of rotatable bonds is 6. The first-order chi connectivity index (χ1) is 14.7. The third-order valence-electron chi connectivity index (χ3n) is 5.33. The largest absolute Gasteiger partial charge is 0.494 e. The average molecular weight is 403 g/mol. The Labute approximate surface area is 172 Å². The van der Waals surface area contributed by atoms with Crippen molar-refractivity contribution < 1.29 is 14.1 Å². The van der Waals surface area contributed by atoms with Crippen molar-refractivity contribution in [3.05, 3.63) is 59.9 Å². The number of para-hydroxylation sites is 2. The van der Waals surface area contributed by atoms with Crippen molar-refractivity contribution in [3.8, 4) is 17.3 Å². The Morgan fingerprint density at radius 2 is 2.03 bits per heavy atom. The van der Waals surface area contributed by atoms with Crippen LogP contribution in [0.2, 0.25) is 0 Å². The van der Waals surface area contributed by atoms with E-state index < -0.39 is 0 Å². The number of carbonyl (C=O) groups is 1. The van der Waals surface area contributed by atoms with E-state index in [0.717, 1.165) is 22.2 Å². The zero-order valence-corrected chi connectivity index (χ0v) is 16.5. The van der Waals surface area contributed by atoms with Gasteiger partial charge in [0.25, 0.3) is 5.89 Å². The Kier molecular flexibility index (Phi) is 4.66. The van der Waals surface area contributed by atoms with E-state index in [1.807, 2.05) is 60.4 Å². The number of nitrogens with one attached hydrogen (secondary N) is 1. The van der Waals surface area contributed by atoms with Crippen molar-refractivity contribution in [2.75, 3.05) is 13.2 Å². The molecule has 1 fully saturated rings. The number of carbonyl (C=O) groups excluding carboxylic acids is 1. The minimum Gasteiger partial charge on any atom is -0.494 e. The molecule has 0 bridgehead atoms. The Balaban J connectivity index is 1.34. The summed E-state index contributed by atoms with van der Waals surface area (Å²) < 4.78 is 11.2. The molecular formula is C22H21N5O3. The quantitative estimate of drug-likeness (QED) is 0.529. The molecule has 8 nitrogen and oxygen atoms in total. The van der Waals surface area contributed by atoms with Crippen molar-refractivity contribution in [1.82, 2.24) is 25.2 Å². The van der Waals surface area contributed by atoms with Gasteiger partial charge in [0.1, 0.15) is 5.75 Å². The van der Waals surface area contributed by atoms with E-state index in [9.17, 15) is 4.79 Å². The molecular weight excluding hydrogens is 382 g/mol. The summed E-state index contributed by atoms with van der Waals surface area (Å²) in [6, 6.07) is 15.6. The molecule has 1 aliphatic heterocycles. The van der Waals surface area contributed by atoms with Gasteiger partial charge >= 0.3 is 0 Å². The summed E-state index contributed by atoms with van der Waals surface area (Å²) in [5.74, 6) is 1.66. The summed E-state index contributed by atoms with van der Waals surface area (Å²) in [4.78, 5) is 19.0. The molecule has 0 radical (unpaired) electrons. The van der Waals surface area contributed by atoms with Crippen molar-refractivity contribution in [2.45, 2.75) is 25.8 Å². The van der Waals surface area contributed by atoms with Crippen molar-refractivity contribution in [2.24, 2.45) is 0 Å². The Bertz CT molecular complexity index is 1200. The Hall–Kier alpha value is -3.68. The summed E-state index contributed by atoms with van der Waals surface area (Å²) in [5.41, 5.74) is 2.52. The van der Waals surface area contributed by atoms with Gasteiger partial charge < -0.3 is 14.2 Å². The molecule has 152 valence electrons. The fourth-order valence-corrected chi connectivity index (χ4v) is 3.86. The molecule has 1 amide bonds. The molecule has 4 aromatic rings. The fraction of sp³-hybridized carbons (Fsp3) is 0.273. The smallest absolute Gasteiger partial charge is 0.279 e. The lowest BCUT2D eigenvalue weighted by Crippen LogP contribution is -2.24. The van der Waals surface area contributed by atoms with Gasteiger partial charge in [-0.2, -0.15) is 10.1 Å². The lowest BCUT2D eigenvalue weighted by atomic mass is 10.1. The zero-order valence-electron chi connectivity index (χ0n) is 16.5. The molecule has 2 aromatic carbocycles. The van der Waals surface area contributed by atoms with Crippen LogP contribution in [0.4, 0.5) is 0 Å². The summed E-state index contributed by atoms with van der Waals surface area (Å²) >= 11 is 0. The number of hydrogen-bond donors (Lipinski definition) is 1. The van der Waals surface area contributed by atoms with Gasteiger partial charge in [0.05, 0.1) is 12.1 Å². The lowest BCUT2D eigenvalue weighted by Gasteiger charge is -2.18. The molecule has 1 atom stereocenters. The molecule has 5 rings (SSSR count). The molecule has 1 aliphatic rings. The second kappa shape index (κ2) is 7.62. The zero-order chi connectivity index (χ0) is 20.5. The van der Waals surface area contributed by atoms with Crippen LogP contribution in [0.1, 0.15) is 30.7 Å². The topological polar surface area (TPSA) is 97.1 Å². The number of aromatic nitrogens is 4. The van der Waals surface area contributed by atoms with Gasteiger partial charge in [-0.25, -0.2) is 0 Å². The lowest BCUT2D eigenvalue weighted by molar-refractivity contribution is -0.128. The van der Waals surface area contributed by atoms with Crippen molar-refractivity contribution in [3.63, 3.8) is 0 Å². The van der Waals surface area contributed by atoms with Gasteiger partial charge in [-0.1, -0.05) is 41.6 Å². The molecule has 3 heterocycles. The van der Waals surface area contributed by atoms with Crippen LogP contribution in [0.3, 0.4) is 0 Å². The van der Waals surface area contributed by atoms with Crippen LogP contribution >= 0.6 is 0 Å². The number of aromatic amines is 1. The molecule has 30 heavy (non-hydrogen) atoms. The maximum Gasteiger partial charge on any atom is 0.279 e. The molecule has 0 spiro atoms. The highest BCUT2D eigenvalue weighted by atomic mass is 16.5. The predicted molar refractivity (Wildman–Crippen MR) is 110 cm³/mol. The summed E-state index contributed by atoms with van der Waals surface area (Å²) in [5, 5.41) is 12.3. The van der Waals surface area contributed by atoms with E-state index in [4.69, 9.17) is 9.26 Å². The van der Waals surface area contributed by atoms with E-state index in [1.54, 1.807) is 0 Å². The number of fused-ring (bicyclic) bond motifs is 1. The molecule has 0 saturated carbocycles. The van der Waals surface area contributed by atoms with E-state index in [-0.39, 0.29) is 11.8 Å². The highest BCUT2D eigenvalue weighted by Crippen LogP contribution is 2.31. The molecule has 1 saturated heterocycles. The average Bonchev–Trinajstić information content (AvgIpc) is 3.48. The Morgan fingerprint density at radius 3 is 2.93 bits per heavy atom. The van der Waals surface area contributed by atoms with Gasteiger partial charge in [-0.05, 0) is 19.1 Å². The number of benzene rings is 2. The minimum absolute atomic E-state index is 0.0721. The molecule has 1 unspecified atom stereocenters. The first kappa shape index (κ1) is 18.4. The summed E-state index contributed by atoms with van der Waals surface area (Å²) in [6.07, 6.45) is 0.358. The standard InChI is InChI=1S/C22H21N5O3/c1-2-29-18-10-6-3-7-14(18)12-27-13-15(11-19(27)28)21-23-22(30-26-21)20-16-8-4-5-9-17(16)24-25-20/h3-10,15H,2,11-13H2,1H3,(H,24,25). The summed E-state index contributed by atoms with van der Waals surface area (Å²) in [7, 11) is 0. The second-order valence-electron chi connectivity index (χ2n) is 7.29. The van der Waals surface area contributed by atoms with Crippen LogP contribution in [-0.4, -0.2) is 44.3 Å². The predicted octanol–water partition coefficient (Wildman–Crippen LogP) is 3.53. The van der Waals surface area contributed by atoms with Crippen LogP contribution in [0.25, 0.3) is 22.5 Å². The second-order valence-corrected chi connectivity index (χ2v) is 7.29. The van der Waals surface area contributed by atoms with E-state index in [2.05, 4.69) is 20.3 Å². The van der Waals surface area contributed by atoms with Gasteiger partial charge in [-0.15, -0.1) is 0 Å². The first-order valence-electron chi connectivity index (χ1n) is 9.98. The Morgan fingerprint density at radius 1 is 1.20 bits per heavy atom. The molecule has 0 aliphatic carbocycles. The fourth-order valence-electron chi connectivity index (χ4n) is 3.86.